The number of sulfone groups is 1. The van der Waals surface area contributed by atoms with Crippen molar-refractivity contribution in [1.29, 1.82) is 0 Å². The van der Waals surface area contributed by atoms with Crippen LogP contribution in [0, 0.1) is 0 Å². The molecule has 0 heterocycles. The Kier molecular flexibility index (Phi) is 3.30. The van der Waals surface area contributed by atoms with Gasteiger partial charge in [0.2, 0.25) is 0 Å². The fourth-order valence-corrected chi connectivity index (χ4v) is 1.74. The zero-order valence-corrected chi connectivity index (χ0v) is 8.75. The van der Waals surface area contributed by atoms with Gasteiger partial charge in [0.1, 0.15) is 5.75 Å². The van der Waals surface area contributed by atoms with Crippen LogP contribution in [0.3, 0.4) is 0 Å². The van der Waals surface area contributed by atoms with Crippen molar-refractivity contribution in [1.82, 2.24) is 0 Å². The summed E-state index contributed by atoms with van der Waals surface area (Å²) in [5.74, 6) is 0.551. The topological polar surface area (TPSA) is 43.4 Å². The minimum absolute atomic E-state index is 0.207. The van der Waals surface area contributed by atoms with E-state index in [0.29, 0.717) is 12.4 Å². The Morgan fingerprint density at radius 1 is 1.50 bits per heavy atom. The molecule has 0 saturated carbocycles. The molecule has 0 spiro atoms. The van der Waals surface area contributed by atoms with Gasteiger partial charge in [-0.15, -0.1) is 0 Å². The van der Waals surface area contributed by atoms with E-state index >= 15 is 0 Å². The van der Waals surface area contributed by atoms with Gasteiger partial charge in [-0.25, -0.2) is 8.42 Å². The summed E-state index contributed by atoms with van der Waals surface area (Å²) >= 11 is 0. The lowest BCUT2D eigenvalue weighted by atomic mass is 10.3. The van der Waals surface area contributed by atoms with E-state index in [1.807, 2.05) is 6.92 Å². The molecule has 0 aliphatic carbocycles. The average molecular weight is 212 g/mol. The molecule has 0 bridgehead atoms. The van der Waals surface area contributed by atoms with E-state index in [0.717, 1.165) is 5.41 Å². The van der Waals surface area contributed by atoms with E-state index < -0.39 is 9.84 Å². The maximum Gasteiger partial charge on any atom is 0.199 e. The summed E-state index contributed by atoms with van der Waals surface area (Å²) < 4.78 is 28.0. The molecular formula is C10H12O3S. The van der Waals surface area contributed by atoms with Crippen molar-refractivity contribution in [3.8, 4) is 5.75 Å². The second kappa shape index (κ2) is 4.28. The number of benzene rings is 1. The van der Waals surface area contributed by atoms with Gasteiger partial charge in [-0.3, -0.25) is 0 Å². The third-order valence-corrected chi connectivity index (χ3v) is 3.01. The minimum Gasteiger partial charge on any atom is -0.494 e. The van der Waals surface area contributed by atoms with Crippen LogP contribution < -0.4 is 4.74 Å². The van der Waals surface area contributed by atoms with Gasteiger partial charge in [0.15, 0.2) is 9.84 Å². The van der Waals surface area contributed by atoms with E-state index in [-0.39, 0.29) is 4.90 Å². The SMILES string of the molecule is C=CS(=O)(=O)c1cccc(OCC)c1. The molecular weight excluding hydrogens is 200 g/mol. The molecule has 0 atom stereocenters. The number of hydrogen-bond acceptors (Lipinski definition) is 3. The van der Waals surface area contributed by atoms with Crippen LogP contribution in [-0.4, -0.2) is 15.0 Å². The van der Waals surface area contributed by atoms with Crippen molar-refractivity contribution < 1.29 is 13.2 Å². The molecule has 0 aliphatic heterocycles. The first-order chi connectivity index (χ1) is 6.60. The zero-order valence-electron chi connectivity index (χ0n) is 7.93. The van der Waals surface area contributed by atoms with Crippen LogP contribution in [0.4, 0.5) is 0 Å². The quantitative estimate of drug-likeness (QED) is 0.766. The summed E-state index contributed by atoms with van der Waals surface area (Å²) in [7, 11) is -3.36. The molecule has 76 valence electrons. The standard InChI is InChI=1S/C10H12O3S/c1-3-13-9-6-5-7-10(8-9)14(11,12)4-2/h4-8H,2-3H2,1H3. The molecule has 0 unspecified atom stereocenters. The summed E-state index contributed by atoms with van der Waals surface area (Å²) in [5, 5.41) is 0.929. The van der Waals surface area contributed by atoms with Gasteiger partial charge in [0.25, 0.3) is 0 Å². The van der Waals surface area contributed by atoms with E-state index in [9.17, 15) is 8.42 Å². The Labute approximate surface area is 83.9 Å². The maximum atomic E-state index is 11.4. The van der Waals surface area contributed by atoms with Crippen LogP contribution >= 0.6 is 0 Å². The van der Waals surface area contributed by atoms with Crippen LogP contribution in [0.15, 0.2) is 41.1 Å². The Morgan fingerprint density at radius 3 is 2.79 bits per heavy atom. The van der Waals surface area contributed by atoms with Gasteiger partial charge in [-0.1, -0.05) is 12.6 Å². The van der Waals surface area contributed by atoms with E-state index in [2.05, 4.69) is 6.58 Å². The molecule has 4 heteroatoms. The predicted molar refractivity (Wildman–Crippen MR) is 55.0 cm³/mol. The Balaban J connectivity index is 3.12. The lowest BCUT2D eigenvalue weighted by Gasteiger charge is -2.04. The fraction of sp³-hybridized carbons (Fsp3) is 0.200. The molecule has 1 rings (SSSR count). The van der Waals surface area contributed by atoms with Crippen LogP contribution in [0.5, 0.6) is 5.75 Å². The van der Waals surface area contributed by atoms with Gasteiger partial charge in [0, 0.05) is 5.41 Å². The molecule has 3 nitrogen and oxygen atoms in total. The van der Waals surface area contributed by atoms with Crippen molar-refractivity contribution in [2.45, 2.75) is 11.8 Å². The first-order valence-corrected chi connectivity index (χ1v) is 5.75. The molecule has 0 aromatic heterocycles. The monoisotopic (exact) mass is 212 g/mol. The zero-order chi connectivity index (χ0) is 10.6. The minimum atomic E-state index is -3.36. The van der Waals surface area contributed by atoms with E-state index in [1.165, 1.54) is 12.1 Å². The van der Waals surface area contributed by atoms with Crippen LogP contribution in [-0.2, 0) is 9.84 Å². The third kappa shape index (κ3) is 2.35. The van der Waals surface area contributed by atoms with Crippen LogP contribution in [0.25, 0.3) is 0 Å². The smallest absolute Gasteiger partial charge is 0.199 e. The van der Waals surface area contributed by atoms with Gasteiger partial charge >= 0.3 is 0 Å². The summed E-state index contributed by atoms with van der Waals surface area (Å²) in [6.07, 6.45) is 0. The van der Waals surface area contributed by atoms with Gasteiger partial charge in [0.05, 0.1) is 11.5 Å². The van der Waals surface area contributed by atoms with Crippen molar-refractivity contribution in [2.75, 3.05) is 6.61 Å². The Morgan fingerprint density at radius 2 is 2.21 bits per heavy atom. The first-order valence-electron chi connectivity index (χ1n) is 4.20. The largest absolute Gasteiger partial charge is 0.494 e. The Bertz CT molecular complexity index is 421. The summed E-state index contributed by atoms with van der Waals surface area (Å²) in [4.78, 5) is 0.207. The molecule has 1 aromatic rings. The lowest BCUT2D eigenvalue weighted by molar-refractivity contribution is 0.339. The van der Waals surface area contributed by atoms with Crippen LogP contribution in [0.1, 0.15) is 6.92 Å². The lowest BCUT2D eigenvalue weighted by Crippen LogP contribution is -1.97. The molecule has 0 radical (unpaired) electrons. The predicted octanol–water partition coefficient (Wildman–Crippen LogP) is 2.00. The molecule has 14 heavy (non-hydrogen) atoms. The molecule has 0 N–H and O–H groups in total. The van der Waals surface area contributed by atoms with Gasteiger partial charge in [-0.05, 0) is 25.1 Å². The normalized spacial score (nSPS) is 10.9. The highest BCUT2D eigenvalue weighted by atomic mass is 32.2. The van der Waals surface area contributed by atoms with Crippen LogP contribution in [0.2, 0.25) is 0 Å². The summed E-state index contributed by atoms with van der Waals surface area (Å²) in [6.45, 7) is 5.61. The Hall–Kier alpha value is -1.29. The highest BCUT2D eigenvalue weighted by Gasteiger charge is 2.09. The molecule has 0 fully saturated rings. The summed E-state index contributed by atoms with van der Waals surface area (Å²) in [5.41, 5.74) is 0. The highest BCUT2D eigenvalue weighted by Crippen LogP contribution is 2.18. The summed E-state index contributed by atoms with van der Waals surface area (Å²) in [6, 6.07) is 6.35. The third-order valence-electron chi connectivity index (χ3n) is 1.66. The maximum absolute atomic E-state index is 11.4. The number of rotatable bonds is 4. The fourth-order valence-electron chi connectivity index (χ4n) is 1.00. The second-order valence-electron chi connectivity index (χ2n) is 2.62. The van der Waals surface area contributed by atoms with Gasteiger partial charge < -0.3 is 4.74 Å². The van der Waals surface area contributed by atoms with Crippen molar-refractivity contribution in [2.24, 2.45) is 0 Å². The number of hydrogen-bond donors (Lipinski definition) is 0. The van der Waals surface area contributed by atoms with Crippen molar-refractivity contribution in [3.05, 3.63) is 36.3 Å². The highest BCUT2D eigenvalue weighted by molar-refractivity contribution is 7.94. The molecule has 0 aliphatic rings. The molecule has 1 aromatic carbocycles. The van der Waals surface area contributed by atoms with E-state index in [4.69, 9.17) is 4.74 Å². The average Bonchev–Trinajstić information content (AvgIpc) is 2.19. The van der Waals surface area contributed by atoms with Crippen molar-refractivity contribution >= 4 is 9.84 Å². The van der Waals surface area contributed by atoms with Crippen molar-refractivity contribution in [3.63, 3.8) is 0 Å². The van der Waals surface area contributed by atoms with E-state index in [1.54, 1.807) is 12.1 Å². The molecule has 0 saturated heterocycles. The molecule has 0 amide bonds. The van der Waals surface area contributed by atoms with Gasteiger partial charge in [-0.2, -0.15) is 0 Å². The first kappa shape index (κ1) is 10.8. The second-order valence-corrected chi connectivity index (χ2v) is 4.51. The number of ether oxygens (including phenoxy) is 1.